The molecule has 1 aliphatic rings. The van der Waals surface area contributed by atoms with Gasteiger partial charge in [-0.05, 0) is 12.1 Å². The Bertz CT molecular complexity index is 786. The maximum atomic E-state index is 12.0. The maximum Gasteiger partial charge on any atom is 0.377 e. The quantitative estimate of drug-likeness (QED) is 0.199. The van der Waals surface area contributed by atoms with Crippen LogP contribution in [0.25, 0.3) is 0 Å². The van der Waals surface area contributed by atoms with E-state index in [4.69, 9.17) is 14.6 Å². The molecule has 0 bridgehead atoms. The molecule has 1 aromatic rings. The Morgan fingerprint density at radius 2 is 1.97 bits per heavy atom. The average Bonchev–Trinajstić information content (AvgIpc) is 2.68. The fraction of sp³-hybridized carbons (Fsp3) is 0.529. The normalized spacial score (nSPS) is 28.2. The minimum Gasteiger partial charge on any atom is -0.476 e. The van der Waals surface area contributed by atoms with Crippen LogP contribution in [0.4, 0.5) is 5.69 Å². The van der Waals surface area contributed by atoms with Crippen LogP contribution in [0.1, 0.15) is 13.3 Å². The van der Waals surface area contributed by atoms with Gasteiger partial charge in [-0.25, -0.2) is 4.79 Å². The zero-order valence-corrected chi connectivity index (χ0v) is 15.7. The number of nitro groups is 1. The number of hydrogen-bond acceptors (Lipinski definition) is 10. The van der Waals surface area contributed by atoms with Crippen molar-refractivity contribution < 1.29 is 49.5 Å². The Hall–Kier alpha value is -2.84. The number of nitro benzene ring substituents is 1. The van der Waals surface area contributed by atoms with E-state index < -0.39 is 66.1 Å². The SMILES string of the molecule is CC(=O)NC1C(O)CC(Oc2ccc([N+](=O)[O-])cc2)(C(=O)O)OC1[C@@H](O)[C@@H](O)CO. The van der Waals surface area contributed by atoms with E-state index in [-0.39, 0.29) is 11.4 Å². The van der Waals surface area contributed by atoms with Crippen molar-refractivity contribution in [2.24, 2.45) is 0 Å². The summed E-state index contributed by atoms with van der Waals surface area (Å²) in [5.41, 5.74) is -0.276. The summed E-state index contributed by atoms with van der Waals surface area (Å²) in [4.78, 5) is 33.5. The first-order chi connectivity index (χ1) is 14.0. The predicted octanol–water partition coefficient (Wildman–Crippen LogP) is -1.88. The van der Waals surface area contributed by atoms with Gasteiger partial charge in [-0.2, -0.15) is 0 Å². The highest BCUT2D eigenvalue weighted by atomic mass is 16.7. The number of aliphatic hydroxyl groups excluding tert-OH is 4. The number of aliphatic carboxylic acids is 1. The van der Waals surface area contributed by atoms with Crippen molar-refractivity contribution in [3.8, 4) is 5.75 Å². The van der Waals surface area contributed by atoms with Crippen LogP contribution in [0, 0.1) is 10.1 Å². The van der Waals surface area contributed by atoms with Gasteiger partial charge in [-0.3, -0.25) is 14.9 Å². The molecule has 1 fully saturated rings. The molecule has 0 saturated carbocycles. The maximum absolute atomic E-state index is 12.0. The number of nitrogens with one attached hydrogen (secondary N) is 1. The number of non-ortho nitro benzene ring substituents is 1. The molecule has 1 aliphatic heterocycles. The number of aliphatic hydroxyl groups is 4. The Balaban J connectivity index is 2.40. The molecule has 0 spiro atoms. The van der Waals surface area contributed by atoms with Gasteiger partial charge in [0.1, 0.15) is 24.1 Å². The van der Waals surface area contributed by atoms with Crippen molar-refractivity contribution in [3.63, 3.8) is 0 Å². The second-order valence-electron chi connectivity index (χ2n) is 6.73. The molecule has 6 atom stereocenters. The molecule has 1 amide bonds. The molecular formula is C17H22N2O11. The average molecular weight is 430 g/mol. The summed E-state index contributed by atoms with van der Waals surface area (Å²) >= 11 is 0. The van der Waals surface area contributed by atoms with Gasteiger partial charge >= 0.3 is 11.8 Å². The number of rotatable bonds is 8. The Kier molecular flexibility index (Phi) is 7.28. The van der Waals surface area contributed by atoms with Gasteiger partial charge in [0.25, 0.3) is 5.69 Å². The van der Waals surface area contributed by atoms with Crippen LogP contribution in [-0.4, -0.2) is 85.2 Å². The molecule has 4 unspecified atom stereocenters. The van der Waals surface area contributed by atoms with Crippen LogP contribution in [-0.2, 0) is 14.3 Å². The summed E-state index contributed by atoms with van der Waals surface area (Å²) in [6, 6.07) is 3.03. The lowest BCUT2D eigenvalue weighted by Crippen LogP contribution is -2.68. The molecule has 30 heavy (non-hydrogen) atoms. The van der Waals surface area contributed by atoms with Crippen molar-refractivity contribution in [1.29, 1.82) is 0 Å². The number of carbonyl (C=O) groups excluding carboxylic acids is 1. The fourth-order valence-electron chi connectivity index (χ4n) is 3.06. The first-order valence-electron chi connectivity index (χ1n) is 8.77. The first-order valence-corrected chi connectivity index (χ1v) is 8.77. The molecule has 1 saturated heterocycles. The number of hydrogen-bond donors (Lipinski definition) is 6. The van der Waals surface area contributed by atoms with Crippen LogP contribution < -0.4 is 10.1 Å². The predicted molar refractivity (Wildman–Crippen MR) is 96.3 cm³/mol. The van der Waals surface area contributed by atoms with E-state index >= 15 is 0 Å². The van der Waals surface area contributed by atoms with Crippen LogP contribution in [0.2, 0.25) is 0 Å². The molecule has 0 aliphatic carbocycles. The van der Waals surface area contributed by atoms with Gasteiger partial charge in [0, 0.05) is 19.1 Å². The van der Waals surface area contributed by atoms with E-state index in [1.807, 2.05) is 0 Å². The highest BCUT2D eigenvalue weighted by Gasteiger charge is 2.56. The molecule has 1 aromatic carbocycles. The zero-order chi connectivity index (χ0) is 22.6. The molecule has 13 nitrogen and oxygen atoms in total. The van der Waals surface area contributed by atoms with E-state index in [1.54, 1.807) is 0 Å². The minimum absolute atomic E-state index is 0.149. The van der Waals surface area contributed by atoms with Gasteiger partial charge in [0.15, 0.2) is 0 Å². The van der Waals surface area contributed by atoms with Gasteiger partial charge in [0.05, 0.1) is 30.1 Å². The summed E-state index contributed by atoms with van der Waals surface area (Å²) in [5, 5.41) is 62.5. The lowest BCUT2D eigenvalue weighted by molar-refractivity contribution is -0.384. The van der Waals surface area contributed by atoms with E-state index in [0.717, 1.165) is 31.2 Å². The topological polar surface area (TPSA) is 209 Å². The monoisotopic (exact) mass is 430 g/mol. The van der Waals surface area contributed by atoms with Crippen molar-refractivity contribution in [3.05, 3.63) is 34.4 Å². The van der Waals surface area contributed by atoms with Gasteiger partial charge in [-0.1, -0.05) is 0 Å². The molecule has 0 radical (unpaired) electrons. The van der Waals surface area contributed by atoms with E-state index in [0.29, 0.717) is 0 Å². The summed E-state index contributed by atoms with van der Waals surface area (Å²) in [7, 11) is 0. The second-order valence-corrected chi connectivity index (χ2v) is 6.73. The second kappa shape index (κ2) is 9.32. The molecule has 2 rings (SSSR count). The smallest absolute Gasteiger partial charge is 0.377 e. The largest absolute Gasteiger partial charge is 0.476 e. The van der Waals surface area contributed by atoms with E-state index in [2.05, 4.69) is 5.32 Å². The summed E-state index contributed by atoms with van der Waals surface area (Å²) in [6.07, 6.45) is -7.65. The van der Waals surface area contributed by atoms with Gasteiger partial charge in [-0.15, -0.1) is 0 Å². The number of ether oxygens (including phenoxy) is 2. The van der Waals surface area contributed by atoms with Crippen molar-refractivity contribution in [2.75, 3.05) is 6.61 Å². The lowest BCUT2D eigenvalue weighted by atomic mass is 9.88. The molecular weight excluding hydrogens is 408 g/mol. The number of carboxylic acids is 1. The molecule has 166 valence electrons. The standard InChI is InChI=1S/C17H22N2O11/c1-8(21)18-13-11(22)6-17(16(25)26,30-15(13)14(24)12(23)7-20)29-10-4-2-9(3-5-10)19(27)28/h2-5,11-15,20,22-24H,6-7H2,1H3,(H,18,21)(H,25,26)/t11?,12-,13?,14-,15?,17?/m0/s1. The third-order valence-electron chi connectivity index (χ3n) is 4.52. The third kappa shape index (κ3) is 5.01. The van der Waals surface area contributed by atoms with Crippen molar-refractivity contribution in [1.82, 2.24) is 5.32 Å². The van der Waals surface area contributed by atoms with Gasteiger partial charge < -0.3 is 40.3 Å². The molecule has 0 aromatic heterocycles. The van der Waals surface area contributed by atoms with E-state index in [9.17, 15) is 40.1 Å². The lowest BCUT2D eigenvalue weighted by Gasteiger charge is -2.46. The number of benzene rings is 1. The third-order valence-corrected chi connectivity index (χ3v) is 4.52. The Labute approximate surface area is 169 Å². The van der Waals surface area contributed by atoms with Crippen molar-refractivity contribution >= 4 is 17.6 Å². The van der Waals surface area contributed by atoms with Crippen LogP contribution >= 0.6 is 0 Å². The fourth-order valence-corrected chi connectivity index (χ4v) is 3.06. The summed E-state index contributed by atoms with van der Waals surface area (Å²) in [5.74, 6) is -5.04. The summed E-state index contributed by atoms with van der Waals surface area (Å²) in [6.45, 7) is 0.207. The minimum atomic E-state index is -2.56. The molecule has 1 heterocycles. The number of nitrogens with zero attached hydrogens (tertiary/aromatic N) is 1. The highest BCUT2D eigenvalue weighted by Crippen LogP contribution is 2.35. The molecule has 6 N–H and O–H groups in total. The van der Waals surface area contributed by atoms with E-state index in [1.165, 1.54) is 0 Å². The van der Waals surface area contributed by atoms with Crippen LogP contribution in [0.15, 0.2) is 24.3 Å². The van der Waals surface area contributed by atoms with Crippen molar-refractivity contribution in [2.45, 2.75) is 49.6 Å². The van der Waals surface area contributed by atoms with Crippen LogP contribution in [0.3, 0.4) is 0 Å². The molecule has 13 heteroatoms. The highest BCUT2D eigenvalue weighted by molar-refractivity contribution is 5.77. The Morgan fingerprint density at radius 1 is 1.37 bits per heavy atom. The Morgan fingerprint density at radius 3 is 2.43 bits per heavy atom. The van der Waals surface area contributed by atoms with Gasteiger partial charge in [0.2, 0.25) is 5.91 Å². The number of carbonyl (C=O) groups is 2. The first kappa shape index (κ1) is 23.4. The van der Waals surface area contributed by atoms with Crippen LogP contribution in [0.5, 0.6) is 5.75 Å². The summed E-state index contributed by atoms with van der Waals surface area (Å²) < 4.78 is 10.8. The zero-order valence-electron chi connectivity index (χ0n) is 15.7. The number of amides is 1. The number of carboxylic acid groups (broad SMARTS) is 1.